The molecule has 0 unspecified atom stereocenters. The van der Waals surface area contributed by atoms with Crippen molar-refractivity contribution in [2.45, 2.75) is 0 Å². The maximum Gasteiger partial charge on any atom is 0.337 e. The van der Waals surface area contributed by atoms with Gasteiger partial charge in [0.05, 0.1) is 10.6 Å². The van der Waals surface area contributed by atoms with Crippen LogP contribution in [0.25, 0.3) is 0 Å². The molecule has 0 aliphatic rings. The van der Waals surface area contributed by atoms with Gasteiger partial charge in [-0.25, -0.2) is 21.6 Å². The Morgan fingerprint density at radius 2 is 1.89 bits per heavy atom. The van der Waals surface area contributed by atoms with E-state index in [2.05, 4.69) is 0 Å². The number of anilines is 1. The lowest BCUT2D eigenvalue weighted by Crippen LogP contribution is -2.22. The lowest BCUT2D eigenvalue weighted by molar-refractivity contribution is 0.0697. The molecule has 0 aliphatic carbocycles. The van der Waals surface area contributed by atoms with Gasteiger partial charge >= 0.3 is 5.97 Å². The molecule has 0 saturated heterocycles. The molecule has 0 spiro atoms. The first-order valence-corrected chi connectivity index (χ1v) is 8.80. The van der Waals surface area contributed by atoms with E-state index in [9.17, 15) is 21.6 Å². The van der Waals surface area contributed by atoms with Gasteiger partial charge in [-0.2, -0.15) is 0 Å². The predicted molar refractivity (Wildman–Crippen MR) is 70.7 cm³/mol. The lowest BCUT2D eigenvalue weighted by atomic mass is 10.2. The summed E-state index contributed by atoms with van der Waals surface area (Å²) in [5.74, 6) is -1.32. The van der Waals surface area contributed by atoms with Gasteiger partial charge in [-0.3, -0.25) is 4.72 Å². The van der Waals surface area contributed by atoms with E-state index in [1.807, 2.05) is 4.72 Å². The first kappa shape index (κ1) is 15.7. The van der Waals surface area contributed by atoms with Crippen LogP contribution in [-0.4, -0.2) is 39.3 Å². The first-order chi connectivity index (χ1) is 8.50. The largest absolute Gasteiger partial charge is 0.478 e. The van der Waals surface area contributed by atoms with E-state index < -0.39 is 30.9 Å². The van der Waals surface area contributed by atoms with Gasteiger partial charge in [0.1, 0.15) is 0 Å². The lowest BCUT2D eigenvalue weighted by Gasteiger charge is -2.08. The van der Waals surface area contributed by atoms with Crippen LogP contribution in [0.2, 0.25) is 5.02 Å². The maximum atomic E-state index is 11.5. The molecule has 0 atom stereocenters. The number of hydrogen-bond donors (Lipinski definition) is 2. The Labute approximate surface area is 115 Å². The number of carboxylic acid groups (broad SMARTS) is 1. The van der Waals surface area contributed by atoms with Gasteiger partial charge < -0.3 is 5.11 Å². The van der Waals surface area contributed by atoms with Gasteiger partial charge in [0.25, 0.3) is 0 Å². The second-order valence-corrected chi connectivity index (χ2v) is 8.40. The molecule has 0 saturated carbocycles. The average molecular weight is 328 g/mol. The smallest absolute Gasteiger partial charge is 0.337 e. The number of benzene rings is 1. The summed E-state index contributed by atoms with van der Waals surface area (Å²) in [6.07, 6.45) is 0.775. The summed E-state index contributed by atoms with van der Waals surface area (Å²) in [6, 6.07) is 3.43. The summed E-state index contributed by atoms with van der Waals surface area (Å²) in [4.78, 5) is 10.8. The zero-order valence-corrected chi connectivity index (χ0v) is 12.0. The van der Waals surface area contributed by atoms with Gasteiger partial charge in [0, 0.05) is 11.9 Å². The van der Waals surface area contributed by atoms with Crippen molar-refractivity contribution < 1.29 is 26.7 Å². The molecule has 1 aromatic carbocycles. The molecule has 10 heteroatoms. The topological polar surface area (TPSA) is 118 Å². The second kappa shape index (κ2) is 5.35. The van der Waals surface area contributed by atoms with E-state index in [0.717, 1.165) is 12.3 Å². The summed E-state index contributed by atoms with van der Waals surface area (Å²) in [6.45, 7) is 0. The highest BCUT2D eigenvalue weighted by Crippen LogP contribution is 2.21. The number of aromatic carboxylic acids is 1. The Kier molecular flexibility index (Phi) is 4.43. The van der Waals surface area contributed by atoms with Gasteiger partial charge in [-0.05, 0) is 18.2 Å². The minimum Gasteiger partial charge on any atom is -0.478 e. The Bertz CT molecular complexity index is 710. The predicted octanol–water partition coefficient (Wildman–Crippen LogP) is 0.782. The van der Waals surface area contributed by atoms with E-state index in [1.54, 1.807) is 0 Å². The second-order valence-electron chi connectivity index (χ2n) is 3.76. The molecule has 0 heterocycles. The van der Waals surface area contributed by atoms with Crippen LogP contribution in [0.5, 0.6) is 0 Å². The van der Waals surface area contributed by atoms with Crippen molar-refractivity contribution in [3.63, 3.8) is 0 Å². The SMILES string of the molecule is CS(=O)(=O)CS(=O)(=O)Nc1ccc(Cl)c(C(=O)O)c1. The summed E-state index contributed by atoms with van der Waals surface area (Å²) < 4.78 is 46.9. The van der Waals surface area contributed by atoms with Gasteiger partial charge in [0.2, 0.25) is 10.0 Å². The van der Waals surface area contributed by atoms with E-state index >= 15 is 0 Å². The van der Waals surface area contributed by atoms with Crippen molar-refractivity contribution in [3.8, 4) is 0 Å². The zero-order valence-electron chi connectivity index (χ0n) is 9.62. The van der Waals surface area contributed by atoms with Crippen LogP contribution in [0.4, 0.5) is 5.69 Å². The van der Waals surface area contributed by atoms with Crippen molar-refractivity contribution in [1.82, 2.24) is 0 Å². The van der Waals surface area contributed by atoms with Crippen LogP contribution >= 0.6 is 11.6 Å². The highest BCUT2D eigenvalue weighted by Gasteiger charge is 2.19. The fourth-order valence-electron chi connectivity index (χ4n) is 1.24. The highest BCUT2D eigenvalue weighted by molar-refractivity contribution is 8.08. The number of rotatable bonds is 5. The van der Waals surface area contributed by atoms with Gasteiger partial charge in [-0.1, -0.05) is 11.6 Å². The number of sulfone groups is 1. The van der Waals surface area contributed by atoms with Crippen molar-refractivity contribution in [2.75, 3.05) is 16.1 Å². The minimum absolute atomic E-state index is 0.0569. The van der Waals surface area contributed by atoms with Crippen LogP contribution in [0.1, 0.15) is 10.4 Å². The van der Waals surface area contributed by atoms with E-state index in [0.29, 0.717) is 0 Å². The Hall–Kier alpha value is -1.32. The fourth-order valence-corrected chi connectivity index (χ4v) is 4.42. The molecule has 0 radical (unpaired) electrons. The zero-order chi connectivity index (χ0) is 14.8. The number of carboxylic acids is 1. The summed E-state index contributed by atoms with van der Waals surface area (Å²) >= 11 is 5.61. The maximum absolute atomic E-state index is 11.5. The Morgan fingerprint density at radius 1 is 1.32 bits per heavy atom. The van der Waals surface area contributed by atoms with Crippen LogP contribution in [0.3, 0.4) is 0 Å². The summed E-state index contributed by atoms with van der Waals surface area (Å²) in [5.41, 5.74) is -0.369. The molecular weight excluding hydrogens is 318 g/mol. The highest BCUT2D eigenvalue weighted by atomic mass is 35.5. The molecule has 0 amide bonds. The normalized spacial score (nSPS) is 12.1. The van der Waals surface area contributed by atoms with Crippen molar-refractivity contribution in [2.24, 2.45) is 0 Å². The van der Waals surface area contributed by atoms with Crippen molar-refractivity contribution in [3.05, 3.63) is 28.8 Å². The minimum atomic E-state index is -4.12. The van der Waals surface area contributed by atoms with E-state index in [-0.39, 0.29) is 16.3 Å². The van der Waals surface area contributed by atoms with Crippen molar-refractivity contribution >= 4 is 43.1 Å². The standard InChI is InChI=1S/C9H10ClNO6S2/c1-18(14,15)5-19(16,17)11-6-2-3-8(10)7(4-6)9(12)13/h2-4,11H,5H2,1H3,(H,12,13). The van der Waals surface area contributed by atoms with Crippen LogP contribution < -0.4 is 4.72 Å². The Balaban J connectivity index is 3.07. The third-order valence-corrected chi connectivity index (χ3v) is 5.67. The molecule has 19 heavy (non-hydrogen) atoms. The molecule has 2 N–H and O–H groups in total. The summed E-state index contributed by atoms with van der Waals surface area (Å²) in [7, 11) is -7.85. The molecule has 106 valence electrons. The third-order valence-electron chi connectivity index (χ3n) is 1.84. The molecule has 7 nitrogen and oxygen atoms in total. The number of halogens is 1. The number of hydrogen-bond acceptors (Lipinski definition) is 5. The quantitative estimate of drug-likeness (QED) is 0.825. The van der Waals surface area contributed by atoms with Crippen LogP contribution in [-0.2, 0) is 19.9 Å². The number of carbonyl (C=O) groups is 1. The fraction of sp³-hybridized carbons (Fsp3) is 0.222. The van der Waals surface area contributed by atoms with E-state index in [1.165, 1.54) is 12.1 Å². The molecule has 0 bridgehead atoms. The van der Waals surface area contributed by atoms with Crippen LogP contribution in [0, 0.1) is 0 Å². The molecule has 0 aromatic heterocycles. The molecule has 0 fully saturated rings. The molecule has 1 aromatic rings. The first-order valence-electron chi connectivity index (χ1n) is 4.71. The Morgan fingerprint density at radius 3 is 2.37 bits per heavy atom. The monoisotopic (exact) mass is 327 g/mol. The van der Waals surface area contributed by atoms with Gasteiger partial charge in [0.15, 0.2) is 14.9 Å². The average Bonchev–Trinajstić information content (AvgIpc) is 2.16. The third kappa shape index (κ3) is 5.05. The summed E-state index contributed by atoms with van der Waals surface area (Å²) in [5, 5.41) is 7.67. The number of sulfonamides is 1. The van der Waals surface area contributed by atoms with Crippen LogP contribution in [0.15, 0.2) is 18.2 Å². The molecular formula is C9H10ClNO6S2. The van der Waals surface area contributed by atoms with E-state index in [4.69, 9.17) is 16.7 Å². The molecule has 1 rings (SSSR count). The van der Waals surface area contributed by atoms with Gasteiger partial charge in [-0.15, -0.1) is 0 Å². The number of nitrogens with one attached hydrogen (secondary N) is 1. The molecule has 0 aliphatic heterocycles. The van der Waals surface area contributed by atoms with Crippen molar-refractivity contribution in [1.29, 1.82) is 0 Å².